The number of carbonyl (C=O) groups is 1. The van der Waals surface area contributed by atoms with Crippen LogP contribution in [0.1, 0.15) is 0 Å². The molecular weight excluding hydrogens is 219 g/mol. The summed E-state index contributed by atoms with van der Waals surface area (Å²) in [6.45, 7) is 1.67. The Bertz CT molecular complexity index is 106. The molecule has 1 rings (SSSR count). The zero-order valence-electron chi connectivity index (χ0n) is 4.35. The smallest absolute Gasteiger partial charge is 0.318 e. The fourth-order valence-electron chi connectivity index (χ4n) is 0.625. The summed E-state index contributed by atoms with van der Waals surface area (Å²) in [7, 11) is 0. The molecule has 0 aromatic rings. The molecule has 0 radical (unpaired) electrons. The van der Waals surface area contributed by atoms with Crippen LogP contribution in [-0.4, -0.2) is 28.6 Å². The van der Waals surface area contributed by atoms with Crippen molar-refractivity contribution in [1.29, 1.82) is 0 Å². The van der Waals surface area contributed by atoms with Crippen LogP contribution < -0.4 is 5.32 Å². The minimum absolute atomic E-state index is 0.0689. The van der Waals surface area contributed by atoms with E-state index in [0.29, 0.717) is 0 Å². The Morgan fingerprint density at radius 1 is 1.88 bits per heavy atom. The number of hydrogen-bond acceptors (Lipinski definition) is 1. The number of carbonyl (C=O) groups excluding carboxylic acids is 1. The maximum absolute atomic E-state index is 10.6. The predicted octanol–water partition coefficient (Wildman–Crippen LogP) is 0.404. The van der Waals surface area contributed by atoms with Crippen LogP contribution in [0.2, 0.25) is 0 Å². The van der Waals surface area contributed by atoms with Gasteiger partial charge in [0, 0.05) is 13.1 Å². The average Bonchev–Trinajstić information content (AvgIpc) is 2.14. The van der Waals surface area contributed by atoms with Crippen LogP contribution in [0.3, 0.4) is 0 Å². The molecular formula is C4H7IN2O. The lowest BCUT2D eigenvalue weighted by Gasteiger charge is -2.06. The molecule has 46 valence electrons. The molecule has 3 nitrogen and oxygen atoms in total. The molecule has 4 heteroatoms. The maximum atomic E-state index is 10.6. The van der Waals surface area contributed by atoms with Crippen molar-refractivity contribution >= 4 is 28.6 Å². The number of rotatable bonds is 1. The molecule has 0 atom stereocenters. The van der Waals surface area contributed by atoms with Gasteiger partial charge in [-0.15, -0.1) is 0 Å². The van der Waals surface area contributed by atoms with E-state index in [1.165, 1.54) is 0 Å². The highest BCUT2D eigenvalue weighted by Crippen LogP contribution is 1.98. The molecule has 0 aliphatic carbocycles. The second kappa shape index (κ2) is 2.52. The summed E-state index contributed by atoms with van der Waals surface area (Å²) in [4.78, 5) is 12.4. The Morgan fingerprint density at radius 2 is 2.62 bits per heavy atom. The number of alkyl halides is 1. The molecule has 0 saturated carbocycles. The lowest BCUT2D eigenvalue weighted by molar-refractivity contribution is 0.225. The number of urea groups is 1. The summed E-state index contributed by atoms with van der Waals surface area (Å²) < 4.78 is 0.795. The van der Waals surface area contributed by atoms with Crippen molar-refractivity contribution in [3.05, 3.63) is 0 Å². The first-order valence-electron chi connectivity index (χ1n) is 2.43. The fraction of sp³-hybridized carbons (Fsp3) is 0.750. The second-order valence-electron chi connectivity index (χ2n) is 1.61. The molecule has 1 N–H and O–H groups in total. The monoisotopic (exact) mass is 226 g/mol. The number of nitrogens with zero attached hydrogens (tertiary/aromatic N) is 1. The lowest BCUT2D eigenvalue weighted by atomic mass is 10.7. The topological polar surface area (TPSA) is 32.3 Å². The summed E-state index contributed by atoms with van der Waals surface area (Å²) in [5, 5.41) is 2.70. The van der Waals surface area contributed by atoms with Crippen molar-refractivity contribution in [3.8, 4) is 0 Å². The first-order valence-corrected chi connectivity index (χ1v) is 3.96. The van der Waals surface area contributed by atoms with Gasteiger partial charge in [-0.1, -0.05) is 22.6 Å². The van der Waals surface area contributed by atoms with Gasteiger partial charge in [0.25, 0.3) is 0 Å². The Hall–Kier alpha value is 0. The highest BCUT2D eigenvalue weighted by atomic mass is 127. The van der Waals surface area contributed by atoms with Gasteiger partial charge in [0.2, 0.25) is 0 Å². The van der Waals surface area contributed by atoms with E-state index in [0.717, 1.165) is 17.6 Å². The summed E-state index contributed by atoms with van der Waals surface area (Å²) >= 11 is 2.17. The quantitative estimate of drug-likeness (QED) is 0.392. The van der Waals surface area contributed by atoms with E-state index in [9.17, 15) is 4.79 Å². The fourth-order valence-corrected chi connectivity index (χ4v) is 1.28. The van der Waals surface area contributed by atoms with E-state index in [-0.39, 0.29) is 6.03 Å². The zero-order valence-corrected chi connectivity index (χ0v) is 6.51. The molecule has 1 fully saturated rings. The normalized spacial score (nSPS) is 19.1. The van der Waals surface area contributed by atoms with Crippen LogP contribution in [0.15, 0.2) is 0 Å². The van der Waals surface area contributed by atoms with Crippen LogP contribution in [0.5, 0.6) is 0 Å². The van der Waals surface area contributed by atoms with Gasteiger partial charge < -0.3 is 10.2 Å². The zero-order chi connectivity index (χ0) is 5.98. The largest absolute Gasteiger partial charge is 0.336 e. The Balaban J connectivity index is 2.42. The first kappa shape index (κ1) is 6.12. The average molecular weight is 226 g/mol. The number of halogens is 1. The molecule has 0 aromatic carbocycles. The van der Waals surface area contributed by atoms with Crippen molar-refractivity contribution in [1.82, 2.24) is 10.2 Å². The minimum atomic E-state index is 0.0689. The van der Waals surface area contributed by atoms with Crippen molar-refractivity contribution < 1.29 is 4.79 Å². The third kappa shape index (κ3) is 1.04. The summed E-state index contributed by atoms with van der Waals surface area (Å²) in [6.07, 6.45) is 0. The highest BCUT2D eigenvalue weighted by molar-refractivity contribution is 14.1. The second-order valence-corrected chi connectivity index (χ2v) is 2.30. The molecule has 8 heavy (non-hydrogen) atoms. The molecule has 0 unspecified atom stereocenters. The van der Waals surface area contributed by atoms with Crippen molar-refractivity contribution in [3.63, 3.8) is 0 Å². The van der Waals surface area contributed by atoms with Crippen LogP contribution in [0, 0.1) is 0 Å². The number of amides is 2. The van der Waals surface area contributed by atoms with Gasteiger partial charge in [0.05, 0.1) is 4.55 Å². The molecule has 0 spiro atoms. The Morgan fingerprint density at radius 3 is 2.88 bits per heavy atom. The van der Waals surface area contributed by atoms with Gasteiger partial charge in [-0.25, -0.2) is 4.79 Å². The van der Waals surface area contributed by atoms with Crippen molar-refractivity contribution in [2.45, 2.75) is 0 Å². The Kier molecular flexibility index (Phi) is 1.93. The SMILES string of the molecule is O=C1NCCN1CI. The summed E-state index contributed by atoms with van der Waals surface area (Å²) in [5.74, 6) is 0. The third-order valence-electron chi connectivity index (χ3n) is 1.09. The van der Waals surface area contributed by atoms with Gasteiger partial charge in [0.15, 0.2) is 0 Å². The minimum Gasteiger partial charge on any atom is -0.336 e. The molecule has 1 heterocycles. The highest BCUT2D eigenvalue weighted by Gasteiger charge is 2.16. The van der Waals surface area contributed by atoms with Crippen LogP contribution in [0.4, 0.5) is 4.79 Å². The van der Waals surface area contributed by atoms with E-state index in [2.05, 4.69) is 27.9 Å². The predicted molar refractivity (Wildman–Crippen MR) is 39.0 cm³/mol. The van der Waals surface area contributed by atoms with E-state index in [1.807, 2.05) is 0 Å². The van der Waals surface area contributed by atoms with Crippen LogP contribution in [0.25, 0.3) is 0 Å². The Labute approximate surface area is 61.6 Å². The van der Waals surface area contributed by atoms with E-state index >= 15 is 0 Å². The van der Waals surface area contributed by atoms with Gasteiger partial charge in [-0.05, 0) is 0 Å². The first-order chi connectivity index (χ1) is 3.84. The van der Waals surface area contributed by atoms with Gasteiger partial charge in [-0.3, -0.25) is 0 Å². The van der Waals surface area contributed by atoms with E-state index < -0.39 is 0 Å². The molecule has 1 aliphatic rings. The van der Waals surface area contributed by atoms with Crippen LogP contribution in [-0.2, 0) is 0 Å². The van der Waals surface area contributed by atoms with Crippen LogP contribution >= 0.6 is 22.6 Å². The van der Waals surface area contributed by atoms with Gasteiger partial charge in [0.1, 0.15) is 0 Å². The van der Waals surface area contributed by atoms with Gasteiger partial charge >= 0.3 is 6.03 Å². The maximum Gasteiger partial charge on any atom is 0.318 e. The molecule has 1 saturated heterocycles. The van der Waals surface area contributed by atoms with Gasteiger partial charge in [-0.2, -0.15) is 0 Å². The third-order valence-corrected chi connectivity index (χ3v) is 1.91. The summed E-state index contributed by atoms with van der Waals surface area (Å²) in [5.41, 5.74) is 0. The molecule has 0 bridgehead atoms. The molecule has 1 aliphatic heterocycles. The standard InChI is InChI=1S/C4H7IN2O/c5-3-7-2-1-6-4(7)8/h1-3H2,(H,6,8). The number of hydrogen-bond donors (Lipinski definition) is 1. The summed E-state index contributed by atoms with van der Waals surface area (Å²) in [6, 6.07) is 0.0689. The lowest BCUT2D eigenvalue weighted by Crippen LogP contribution is -2.26. The molecule has 0 aromatic heterocycles. The van der Waals surface area contributed by atoms with E-state index in [4.69, 9.17) is 0 Å². The number of nitrogens with one attached hydrogen (secondary N) is 1. The van der Waals surface area contributed by atoms with Crippen molar-refractivity contribution in [2.75, 3.05) is 17.6 Å². The van der Waals surface area contributed by atoms with E-state index in [1.54, 1.807) is 4.90 Å². The van der Waals surface area contributed by atoms with Crippen molar-refractivity contribution in [2.24, 2.45) is 0 Å². The molecule has 2 amide bonds.